The molecule has 0 radical (unpaired) electrons. The molecule has 24 heavy (non-hydrogen) atoms. The molecule has 0 heterocycles. The molecule has 0 aromatic heterocycles. The maximum Gasteiger partial charge on any atom is 0.279 e. The zero-order chi connectivity index (χ0) is 17.9. The van der Waals surface area contributed by atoms with E-state index >= 15 is 0 Å². The number of carbonyl (C=O) groups excluding carboxylic acids is 2. The molecule has 0 aliphatic heterocycles. The molecule has 1 saturated carbocycles. The molecule has 1 aliphatic carbocycles. The van der Waals surface area contributed by atoms with Crippen LogP contribution < -0.4 is 15.5 Å². The number of likely N-dealkylation sites (N-methyl/N-ethyl adjacent to an activating group) is 1. The van der Waals surface area contributed by atoms with Crippen LogP contribution in [0.3, 0.4) is 0 Å². The molecular formula is C19H30N3O2+. The Morgan fingerprint density at radius 2 is 1.67 bits per heavy atom. The van der Waals surface area contributed by atoms with Crippen LogP contribution >= 0.6 is 0 Å². The number of anilines is 1. The van der Waals surface area contributed by atoms with Crippen molar-refractivity contribution in [1.82, 2.24) is 5.32 Å². The highest BCUT2D eigenvalue weighted by atomic mass is 16.2. The van der Waals surface area contributed by atoms with E-state index in [1.54, 1.807) is 0 Å². The van der Waals surface area contributed by atoms with Crippen molar-refractivity contribution >= 4 is 17.5 Å². The fourth-order valence-corrected chi connectivity index (χ4v) is 3.19. The van der Waals surface area contributed by atoms with Crippen molar-refractivity contribution in [3.63, 3.8) is 0 Å². The van der Waals surface area contributed by atoms with E-state index in [1.807, 2.05) is 27.8 Å². The number of amides is 2. The number of hydrogen-bond donors (Lipinski definition) is 3. The van der Waals surface area contributed by atoms with Gasteiger partial charge in [-0.1, -0.05) is 17.7 Å². The lowest BCUT2D eigenvalue weighted by atomic mass is 10.1. The Hall–Kier alpha value is -1.88. The monoisotopic (exact) mass is 332 g/mol. The lowest BCUT2D eigenvalue weighted by Crippen LogP contribution is -3.11. The molecule has 2 amide bonds. The highest BCUT2D eigenvalue weighted by Crippen LogP contribution is 2.32. The number of rotatable bonds is 7. The molecule has 5 heteroatoms. The van der Waals surface area contributed by atoms with Crippen LogP contribution in [0.5, 0.6) is 0 Å². The van der Waals surface area contributed by atoms with Crippen LogP contribution in [0.4, 0.5) is 5.69 Å². The molecule has 5 nitrogen and oxygen atoms in total. The largest absolute Gasteiger partial charge is 0.348 e. The van der Waals surface area contributed by atoms with Gasteiger partial charge in [0.15, 0.2) is 13.1 Å². The molecule has 1 aromatic carbocycles. The number of benzene rings is 1. The molecule has 2 rings (SSSR count). The van der Waals surface area contributed by atoms with Gasteiger partial charge in [0.1, 0.15) is 0 Å². The van der Waals surface area contributed by atoms with E-state index in [2.05, 4.69) is 29.7 Å². The molecular weight excluding hydrogens is 302 g/mol. The Morgan fingerprint density at radius 3 is 2.21 bits per heavy atom. The summed E-state index contributed by atoms with van der Waals surface area (Å²) in [4.78, 5) is 25.2. The van der Waals surface area contributed by atoms with Crippen molar-refractivity contribution in [1.29, 1.82) is 0 Å². The summed E-state index contributed by atoms with van der Waals surface area (Å²) in [7, 11) is 1.87. The second-order valence-corrected chi connectivity index (χ2v) is 7.33. The summed E-state index contributed by atoms with van der Waals surface area (Å²) < 4.78 is 0. The van der Waals surface area contributed by atoms with Crippen LogP contribution in [-0.4, -0.2) is 38.0 Å². The van der Waals surface area contributed by atoms with Crippen LogP contribution in [0.2, 0.25) is 0 Å². The van der Waals surface area contributed by atoms with Crippen LogP contribution in [0, 0.1) is 26.7 Å². The Balaban J connectivity index is 1.82. The summed E-state index contributed by atoms with van der Waals surface area (Å²) in [5.74, 6) is 0.595. The van der Waals surface area contributed by atoms with Crippen LogP contribution in [0.25, 0.3) is 0 Å². The van der Waals surface area contributed by atoms with Gasteiger partial charge < -0.3 is 15.5 Å². The Kier molecular flexibility index (Phi) is 5.99. The standard InChI is InChI=1S/C19H29N3O2/c1-12-8-13(2)19(14(3)9-12)21-18(24)11-22(5)10-17(23)20-15(4)16-6-7-16/h8-9,15-16H,6-7,10-11H2,1-5H3,(H,20,23)(H,21,24)/p+1/t15-/m1/s1. The van der Waals surface area contributed by atoms with E-state index < -0.39 is 0 Å². The average molecular weight is 332 g/mol. The highest BCUT2D eigenvalue weighted by Gasteiger charge is 2.29. The molecule has 1 unspecified atom stereocenters. The van der Waals surface area contributed by atoms with Crippen molar-refractivity contribution in [3.05, 3.63) is 28.8 Å². The molecule has 0 bridgehead atoms. The van der Waals surface area contributed by atoms with Crippen LogP contribution in [0.1, 0.15) is 36.5 Å². The maximum absolute atomic E-state index is 12.3. The van der Waals surface area contributed by atoms with E-state index in [0.29, 0.717) is 12.5 Å². The number of carbonyl (C=O) groups is 2. The zero-order valence-electron chi connectivity index (χ0n) is 15.5. The third kappa shape index (κ3) is 5.34. The first kappa shape index (κ1) is 18.5. The topological polar surface area (TPSA) is 62.6 Å². The third-order valence-corrected chi connectivity index (χ3v) is 4.58. The SMILES string of the molecule is Cc1cc(C)c(NC(=O)C[NH+](C)CC(=O)N[C@H](C)C2CC2)c(C)c1. The molecule has 1 aliphatic rings. The predicted octanol–water partition coefficient (Wildman–Crippen LogP) is 0.980. The van der Waals surface area contributed by atoms with Crippen LogP contribution in [0.15, 0.2) is 12.1 Å². The molecule has 1 fully saturated rings. The van der Waals surface area contributed by atoms with Gasteiger partial charge in [0.05, 0.1) is 7.05 Å². The van der Waals surface area contributed by atoms with Gasteiger partial charge in [0, 0.05) is 11.7 Å². The quantitative estimate of drug-likeness (QED) is 0.697. The van der Waals surface area contributed by atoms with Gasteiger partial charge in [-0.2, -0.15) is 0 Å². The van der Waals surface area contributed by atoms with E-state index in [-0.39, 0.29) is 24.4 Å². The van der Waals surface area contributed by atoms with E-state index in [9.17, 15) is 9.59 Å². The van der Waals surface area contributed by atoms with E-state index in [4.69, 9.17) is 0 Å². The first-order valence-corrected chi connectivity index (χ1v) is 8.74. The van der Waals surface area contributed by atoms with Gasteiger partial charge in [0.25, 0.3) is 11.8 Å². The van der Waals surface area contributed by atoms with Gasteiger partial charge >= 0.3 is 0 Å². The van der Waals surface area contributed by atoms with E-state index in [1.165, 1.54) is 18.4 Å². The zero-order valence-corrected chi connectivity index (χ0v) is 15.5. The minimum Gasteiger partial charge on any atom is -0.348 e. The number of hydrogen-bond acceptors (Lipinski definition) is 2. The first-order chi connectivity index (χ1) is 11.3. The minimum atomic E-state index is -0.0643. The summed E-state index contributed by atoms with van der Waals surface area (Å²) in [6.45, 7) is 8.69. The van der Waals surface area contributed by atoms with Crippen LogP contribution in [-0.2, 0) is 9.59 Å². The summed E-state index contributed by atoms with van der Waals surface area (Å²) in [5, 5.41) is 6.02. The highest BCUT2D eigenvalue weighted by molar-refractivity contribution is 5.93. The van der Waals surface area contributed by atoms with Crippen molar-refractivity contribution in [3.8, 4) is 0 Å². The maximum atomic E-state index is 12.3. The van der Waals surface area contributed by atoms with Gasteiger partial charge in [0.2, 0.25) is 0 Å². The molecule has 3 N–H and O–H groups in total. The molecule has 2 atom stereocenters. The number of nitrogens with one attached hydrogen (secondary N) is 3. The fraction of sp³-hybridized carbons (Fsp3) is 0.579. The average Bonchev–Trinajstić information content (AvgIpc) is 3.26. The lowest BCUT2D eigenvalue weighted by Gasteiger charge is -2.17. The second kappa shape index (κ2) is 7.79. The number of aryl methyl sites for hydroxylation is 3. The normalized spacial score (nSPS) is 16.4. The minimum absolute atomic E-state index is 0.0161. The van der Waals surface area contributed by atoms with Crippen molar-refractivity contribution in [2.75, 3.05) is 25.5 Å². The fourth-order valence-electron chi connectivity index (χ4n) is 3.19. The molecule has 0 saturated heterocycles. The molecule has 132 valence electrons. The smallest absolute Gasteiger partial charge is 0.279 e. The summed E-state index contributed by atoms with van der Waals surface area (Å²) >= 11 is 0. The lowest BCUT2D eigenvalue weighted by molar-refractivity contribution is -0.862. The Morgan fingerprint density at radius 1 is 1.12 bits per heavy atom. The van der Waals surface area contributed by atoms with Gasteiger partial charge in [-0.15, -0.1) is 0 Å². The van der Waals surface area contributed by atoms with Crippen molar-refractivity contribution in [2.24, 2.45) is 5.92 Å². The van der Waals surface area contributed by atoms with Gasteiger partial charge in [-0.05, 0) is 57.6 Å². The molecule has 1 aromatic rings. The van der Waals surface area contributed by atoms with E-state index in [0.717, 1.165) is 21.7 Å². The van der Waals surface area contributed by atoms with Gasteiger partial charge in [-0.3, -0.25) is 9.59 Å². The Bertz CT molecular complexity index is 600. The molecule has 0 spiro atoms. The van der Waals surface area contributed by atoms with Crippen molar-refractivity contribution < 1.29 is 14.5 Å². The first-order valence-electron chi connectivity index (χ1n) is 8.74. The Labute approximate surface area is 144 Å². The van der Waals surface area contributed by atoms with Crippen molar-refractivity contribution in [2.45, 2.75) is 46.6 Å². The summed E-state index contributed by atoms with van der Waals surface area (Å²) in [6, 6.07) is 4.37. The summed E-state index contributed by atoms with van der Waals surface area (Å²) in [5.41, 5.74) is 4.20. The summed E-state index contributed by atoms with van der Waals surface area (Å²) in [6.07, 6.45) is 2.42. The number of quaternary nitrogens is 1. The third-order valence-electron chi connectivity index (χ3n) is 4.58. The predicted molar refractivity (Wildman–Crippen MR) is 96.2 cm³/mol. The van der Waals surface area contributed by atoms with Gasteiger partial charge in [-0.25, -0.2) is 0 Å². The second-order valence-electron chi connectivity index (χ2n) is 7.33.